The van der Waals surface area contributed by atoms with Gasteiger partial charge in [-0.2, -0.15) is 0 Å². The second-order valence-electron chi connectivity index (χ2n) is 10.9. The Morgan fingerprint density at radius 1 is 0.420 bits per heavy atom. The van der Waals surface area contributed by atoms with Crippen LogP contribution in [0.1, 0.15) is 0 Å². The van der Waals surface area contributed by atoms with Crippen molar-refractivity contribution in [2.24, 2.45) is 0 Å². The summed E-state index contributed by atoms with van der Waals surface area (Å²) in [5.74, 6) is 0.685. The predicted octanol–water partition coefficient (Wildman–Crippen LogP) is 9.59. The maximum absolute atomic E-state index is 8.65. The topological polar surface area (TPSA) is 92.0 Å². The minimum absolute atomic E-state index is 0.280. The second kappa shape index (κ2) is 16.5. The number of nitrogens with zero attached hydrogens (tertiary/aromatic N) is 4. The van der Waals surface area contributed by atoms with Crippen LogP contribution < -0.4 is 5.46 Å². The van der Waals surface area contributed by atoms with Gasteiger partial charge in [0.05, 0.1) is 22.4 Å². The minimum atomic E-state index is -1.43. The molecule has 8 rings (SSSR count). The molecule has 0 saturated carbocycles. The van der Waals surface area contributed by atoms with Crippen LogP contribution in [0.25, 0.3) is 55.7 Å². The molecule has 10 heteroatoms. The lowest BCUT2D eigenvalue weighted by Crippen LogP contribution is -2.29. The van der Waals surface area contributed by atoms with Gasteiger partial charge in [0.2, 0.25) is 5.28 Å². The van der Waals surface area contributed by atoms with E-state index in [1.807, 2.05) is 115 Å². The highest BCUT2D eigenvalue weighted by Gasteiger charge is 2.12. The lowest BCUT2D eigenvalue weighted by Gasteiger charge is -2.09. The summed E-state index contributed by atoms with van der Waals surface area (Å²) < 4.78 is 0. The fourth-order valence-electron chi connectivity index (χ4n) is 5.18. The highest BCUT2D eigenvalue weighted by Crippen LogP contribution is 2.30. The molecule has 0 bridgehead atoms. The minimum Gasteiger partial charge on any atom is -0.423 e. The fraction of sp³-hybridized carbons (Fsp3) is 0. The van der Waals surface area contributed by atoms with Gasteiger partial charge in [-0.05, 0) is 53.5 Å². The summed E-state index contributed by atoms with van der Waals surface area (Å²) in [6.45, 7) is 0. The highest BCUT2D eigenvalue weighted by molar-refractivity contribution is 6.59. The van der Waals surface area contributed by atoms with Crippen LogP contribution in [0, 0.1) is 0 Å². The van der Waals surface area contributed by atoms with Crippen molar-refractivity contribution in [3.63, 3.8) is 0 Å². The quantitative estimate of drug-likeness (QED) is 0.139. The van der Waals surface area contributed by atoms with E-state index in [1.165, 1.54) is 6.07 Å². The van der Waals surface area contributed by atoms with Gasteiger partial charge >= 0.3 is 7.12 Å². The zero-order valence-electron chi connectivity index (χ0n) is 26.4. The first kappa shape index (κ1) is 34.7. The van der Waals surface area contributed by atoms with Crippen LogP contribution >= 0.6 is 34.8 Å². The van der Waals surface area contributed by atoms with Gasteiger partial charge in [0.1, 0.15) is 0 Å². The number of fused-ring (bicyclic) bond motifs is 2. The molecule has 0 unspecified atom stereocenters. The van der Waals surface area contributed by atoms with Crippen molar-refractivity contribution < 1.29 is 10.0 Å². The molecule has 8 aromatic rings. The van der Waals surface area contributed by atoms with Gasteiger partial charge in [-0.25, -0.2) is 19.9 Å². The van der Waals surface area contributed by atoms with Gasteiger partial charge in [-0.3, -0.25) is 0 Å². The molecule has 0 atom stereocenters. The summed E-state index contributed by atoms with van der Waals surface area (Å²) in [5.41, 5.74) is 7.06. The normalized spacial score (nSPS) is 10.5. The van der Waals surface area contributed by atoms with Crippen molar-refractivity contribution in [2.45, 2.75) is 0 Å². The zero-order chi connectivity index (χ0) is 34.9. The van der Waals surface area contributed by atoms with Gasteiger partial charge in [-0.1, -0.05) is 145 Å². The van der Waals surface area contributed by atoms with Gasteiger partial charge < -0.3 is 10.0 Å². The monoisotopic (exact) mass is 712 g/mol. The Kier molecular flexibility index (Phi) is 11.5. The molecule has 6 nitrogen and oxygen atoms in total. The van der Waals surface area contributed by atoms with Gasteiger partial charge in [0.25, 0.3) is 0 Å². The summed E-state index contributed by atoms with van der Waals surface area (Å²) in [7, 11) is -1.43. The predicted molar refractivity (Wildman–Crippen MR) is 207 cm³/mol. The molecular weight excluding hydrogens is 686 g/mol. The molecule has 50 heavy (non-hydrogen) atoms. The smallest absolute Gasteiger partial charge is 0.423 e. The van der Waals surface area contributed by atoms with E-state index in [4.69, 9.17) is 54.8 Å². The maximum atomic E-state index is 8.65. The van der Waals surface area contributed by atoms with Crippen LogP contribution in [0.2, 0.25) is 15.3 Å². The number of halogens is 3. The summed E-state index contributed by atoms with van der Waals surface area (Å²) in [4.78, 5) is 18.1. The summed E-state index contributed by atoms with van der Waals surface area (Å²) >= 11 is 17.6. The first-order valence-electron chi connectivity index (χ1n) is 15.5. The number of aromatic nitrogens is 4. The standard InChI is InChI=1S/C20H13ClN2.C14H9ClN2.C6H6BClO2/c21-16-10-6-9-15(13-16)20-22-18-12-5-4-11-17(18)19(23-20)14-7-2-1-3-8-14;15-14-16-12-9-5-4-8-11(12)13(17-14)10-6-2-1-3-7-10;8-6-3-1-2-5(4-6)7(9)10/h1-13H;1-9H;1-4,9-10H. The van der Waals surface area contributed by atoms with Crippen LogP contribution in [-0.4, -0.2) is 37.1 Å². The van der Waals surface area contributed by atoms with Crippen LogP contribution in [0.5, 0.6) is 0 Å². The van der Waals surface area contributed by atoms with Crippen LogP contribution in [0.4, 0.5) is 0 Å². The van der Waals surface area contributed by atoms with Gasteiger partial charge in [0, 0.05) is 37.5 Å². The lowest BCUT2D eigenvalue weighted by molar-refractivity contribution is 0.426. The van der Waals surface area contributed by atoms with E-state index in [2.05, 4.69) is 28.2 Å². The first-order valence-corrected chi connectivity index (χ1v) is 16.7. The summed E-state index contributed by atoms with van der Waals surface area (Å²) in [6.07, 6.45) is 0. The molecule has 0 radical (unpaired) electrons. The van der Waals surface area contributed by atoms with Crippen molar-refractivity contribution >= 4 is 69.2 Å². The summed E-state index contributed by atoms with van der Waals surface area (Å²) in [6, 6.07) is 50.2. The van der Waals surface area contributed by atoms with Gasteiger partial charge in [0.15, 0.2) is 5.82 Å². The van der Waals surface area contributed by atoms with Crippen molar-refractivity contribution in [3.05, 3.63) is 173 Å². The van der Waals surface area contributed by atoms with Crippen molar-refractivity contribution in [1.82, 2.24) is 19.9 Å². The van der Waals surface area contributed by atoms with E-state index in [0.717, 1.165) is 49.9 Å². The highest BCUT2D eigenvalue weighted by atomic mass is 35.5. The molecular formula is C40H28BCl3N4O2. The molecule has 0 aliphatic rings. The van der Waals surface area contributed by atoms with E-state index in [1.54, 1.807) is 18.2 Å². The Balaban J connectivity index is 0.000000141. The molecule has 0 spiro atoms. The molecule has 0 saturated heterocycles. The molecule has 2 heterocycles. The number of rotatable bonds is 4. The van der Waals surface area contributed by atoms with Crippen molar-refractivity contribution in [3.8, 4) is 33.9 Å². The van der Waals surface area contributed by atoms with E-state index in [-0.39, 0.29) is 5.28 Å². The average Bonchev–Trinajstić information content (AvgIpc) is 3.15. The molecule has 0 amide bonds. The fourth-order valence-corrected chi connectivity index (χ4v) is 5.75. The van der Waals surface area contributed by atoms with E-state index >= 15 is 0 Å². The third-order valence-electron chi connectivity index (χ3n) is 7.50. The van der Waals surface area contributed by atoms with Crippen molar-refractivity contribution in [2.75, 3.05) is 0 Å². The van der Waals surface area contributed by atoms with E-state index < -0.39 is 7.12 Å². The van der Waals surface area contributed by atoms with E-state index in [9.17, 15) is 0 Å². The number of hydrogen-bond acceptors (Lipinski definition) is 6. The summed E-state index contributed by atoms with van der Waals surface area (Å²) in [5, 5.41) is 20.8. The molecule has 2 N–H and O–H groups in total. The Morgan fingerprint density at radius 3 is 1.44 bits per heavy atom. The number of hydrogen-bond donors (Lipinski definition) is 2. The Labute approximate surface area is 304 Å². The Bertz CT molecular complexity index is 2360. The van der Waals surface area contributed by atoms with Gasteiger partial charge in [-0.15, -0.1) is 0 Å². The molecule has 0 fully saturated rings. The number of benzene rings is 6. The lowest BCUT2D eigenvalue weighted by atomic mass is 9.81. The van der Waals surface area contributed by atoms with Crippen LogP contribution in [0.15, 0.2) is 158 Å². The molecule has 244 valence electrons. The third-order valence-corrected chi connectivity index (χ3v) is 8.14. The average molecular weight is 714 g/mol. The third kappa shape index (κ3) is 8.71. The SMILES string of the molecule is Clc1cccc(-c2nc(-c3ccccc3)c3ccccc3n2)c1.Clc1nc(-c2ccccc2)c2ccccc2n1.OB(O)c1cccc(Cl)c1. The molecule has 0 aliphatic carbocycles. The Hall–Kier alpha value is -5.15. The second-order valence-corrected chi connectivity index (χ2v) is 12.2. The van der Waals surface area contributed by atoms with Crippen LogP contribution in [0.3, 0.4) is 0 Å². The van der Waals surface area contributed by atoms with E-state index in [0.29, 0.717) is 21.3 Å². The largest absolute Gasteiger partial charge is 0.488 e. The first-order chi connectivity index (χ1) is 24.4. The molecule has 2 aromatic heterocycles. The molecule has 0 aliphatic heterocycles. The van der Waals surface area contributed by atoms with Crippen LogP contribution in [-0.2, 0) is 0 Å². The molecule has 6 aromatic carbocycles. The Morgan fingerprint density at radius 2 is 0.900 bits per heavy atom. The number of para-hydroxylation sites is 2. The zero-order valence-corrected chi connectivity index (χ0v) is 28.7. The maximum Gasteiger partial charge on any atom is 0.488 e. The van der Waals surface area contributed by atoms with Crippen molar-refractivity contribution in [1.29, 1.82) is 0 Å².